The molecule has 1 aliphatic heterocycles. The van der Waals surface area contributed by atoms with Gasteiger partial charge in [-0.05, 0) is 31.3 Å². The van der Waals surface area contributed by atoms with Crippen molar-refractivity contribution in [2.45, 2.75) is 0 Å². The summed E-state index contributed by atoms with van der Waals surface area (Å²) in [5, 5.41) is 1.14. The maximum absolute atomic E-state index is 5.81. The van der Waals surface area contributed by atoms with Crippen LogP contribution in [0.5, 0.6) is 0 Å². The van der Waals surface area contributed by atoms with E-state index in [4.69, 9.17) is 10.7 Å². The van der Waals surface area contributed by atoms with E-state index >= 15 is 0 Å². The zero-order chi connectivity index (χ0) is 12.5. The molecule has 2 heterocycles. The quantitative estimate of drug-likeness (QED) is 0.771. The normalized spacial score (nSPS) is 17.3. The number of hydrogen-bond donors (Lipinski definition) is 1. The molecule has 0 unspecified atom stereocenters. The summed E-state index contributed by atoms with van der Waals surface area (Å²) in [4.78, 5) is 9.39. The number of aromatic nitrogens is 1. The number of nitrogens with zero attached hydrogens (tertiary/aromatic N) is 3. The Bertz CT molecular complexity index is 559. The summed E-state index contributed by atoms with van der Waals surface area (Å²) in [5.41, 5.74) is 7.56. The first kappa shape index (κ1) is 11.3. The summed E-state index contributed by atoms with van der Waals surface area (Å²) < 4.78 is 0. The van der Waals surface area contributed by atoms with Crippen LogP contribution in [0.1, 0.15) is 0 Å². The van der Waals surface area contributed by atoms with Crippen molar-refractivity contribution in [3.8, 4) is 0 Å². The SMILES string of the molecule is CN1CCN(c2ccc3ccc(N)cc3n2)CC1. The average Bonchev–Trinajstić information content (AvgIpc) is 2.38. The van der Waals surface area contributed by atoms with Crippen molar-refractivity contribution in [3.63, 3.8) is 0 Å². The van der Waals surface area contributed by atoms with Crippen molar-refractivity contribution in [2.75, 3.05) is 43.9 Å². The van der Waals surface area contributed by atoms with Crippen LogP contribution in [0, 0.1) is 0 Å². The summed E-state index contributed by atoms with van der Waals surface area (Å²) >= 11 is 0. The van der Waals surface area contributed by atoms with E-state index in [0.29, 0.717) is 0 Å². The Morgan fingerprint density at radius 1 is 1.06 bits per heavy atom. The van der Waals surface area contributed by atoms with Crippen LogP contribution >= 0.6 is 0 Å². The first-order valence-corrected chi connectivity index (χ1v) is 6.32. The molecule has 1 aromatic carbocycles. The fourth-order valence-corrected chi connectivity index (χ4v) is 2.34. The van der Waals surface area contributed by atoms with E-state index in [-0.39, 0.29) is 0 Å². The molecule has 0 amide bonds. The highest BCUT2D eigenvalue weighted by Crippen LogP contribution is 2.20. The number of pyridine rings is 1. The Kier molecular flexibility index (Phi) is 2.80. The molecule has 4 nitrogen and oxygen atoms in total. The van der Waals surface area contributed by atoms with Gasteiger partial charge in [0.05, 0.1) is 5.52 Å². The molecule has 1 aromatic heterocycles. The van der Waals surface area contributed by atoms with E-state index in [2.05, 4.69) is 29.0 Å². The molecule has 0 aliphatic carbocycles. The Morgan fingerprint density at radius 3 is 2.56 bits per heavy atom. The molecule has 1 fully saturated rings. The average molecular weight is 242 g/mol. The minimum Gasteiger partial charge on any atom is -0.399 e. The van der Waals surface area contributed by atoms with Gasteiger partial charge < -0.3 is 15.5 Å². The fraction of sp³-hybridized carbons (Fsp3) is 0.357. The molecular formula is C14H18N4. The molecule has 0 bridgehead atoms. The first-order chi connectivity index (χ1) is 8.72. The monoisotopic (exact) mass is 242 g/mol. The number of benzene rings is 1. The summed E-state index contributed by atoms with van der Waals surface area (Å²) in [6.45, 7) is 4.27. The Hall–Kier alpha value is -1.81. The molecule has 1 saturated heterocycles. The number of nitrogens with two attached hydrogens (primary N) is 1. The predicted octanol–water partition coefficient (Wildman–Crippen LogP) is 1.57. The zero-order valence-corrected chi connectivity index (χ0v) is 10.6. The van der Waals surface area contributed by atoms with Gasteiger partial charge in [0.1, 0.15) is 5.82 Å². The fourth-order valence-electron chi connectivity index (χ4n) is 2.34. The van der Waals surface area contributed by atoms with Gasteiger partial charge in [0.25, 0.3) is 0 Å². The van der Waals surface area contributed by atoms with E-state index in [9.17, 15) is 0 Å². The van der Waals surface area contributed by atoms with Crippen LogP contribution in [0.3, 0.4) is 0 Å². The Labute approximate surface area is 107 Å². The van der Waals surface area contributed by atoms with Crippen molar-refractivity contribution in [1.29, 1.82) is 0 Å². The van der Waals surface area contributed by atoms with E-state index in [1.54, 1.807) is 0 Å². The van der Waals surface area contributed by atoms with Crippen LogP contribution < -0.4 is 10.6 Å². The van der Waals surface area contributed by atoms with Crippen LogP contribution in [0.25, 0.3) is 10.9 Å². The lowest BCUT2D eigenvalue weighted by Gasteiger charge is -2.33. The number of anilines is 2. The lowest BCUT2D eigenvalue weighted by Crippen LogP contribution is -2.44. The molecule has 0 saturated carbocycles. The molecule has 0 radical (unpaired) electrons. The molecule has 0 atom stereocenters. The Balaban J connectivity index is 1.92. The lowest BCUT2D eigenvalue weighted by molar-refractivity contribution is 0.312. The standard InChI is InChI=1S/C14H18N4/c1-17-6-8-18(9-7-17)14-5-3-11-2-4-12(15)10-13(11)16-14/h2-5,10H,6-9,15H2,1H3. The first-order valence-electron chi connectivity index (χ1n) is 6.32. The lowest BCUT2D eigenvalue weighted by atomic mass is 10.2. The van der Waals surface area contributed by atoms with Crippen LogP contribution in [0.2, 0.25) is 0 Å². The van der Waals surface area contributed by atoms with Gasteiger partial charge in [0.15, 0.2) is 0 Å². The third-order valence-corrected chi connectivity index (χ3v) is 3.53. The zero-order valence-electron chi connectivity index (χ0n) is 10.6. The molecular weight excluding hydrogens is 224 g/mol. The van der Waals surface area contributed by atoms with Gasteiger partial charge in [-0.15, -0.1) is 0 Å². The maximum Gasteiger partial charge on any atom is 0.129 e. The van der Waals surface area contributed by atoms with E-state index < -0.39 is 0 Å². The minimum absolute atomic E-state index is 0.769. The van der Waals surface area contributed by atoms with Crippen LogP contribution in [0.4, 0.5) is 11.5 Å². The third kappa shape index (κ3) is 2.11. The van der Waals surface area contributed by atoms with Crippen molar-refractivity contribution in [2.24, 2.45) is 0 Å². The van der Waals surface area contributed by atoms with Crippen molar-refractivity contribution < 1.29 is 0 Å². The second-order valence-electron chi connectivity index (χ2n) is 4.91. The van der Waals surface area contributed by atoms with E-state index in [0.717, 1.165) is 48.6 Å². The van der Waals surface area contributed by atoms with Gasteiger partial charge in [0.2, 0.25) is 0 Å². The number of piperazine rings is 1. The number of fused-ring (bicyclic) bond motifs is 1. The van der Waals surface area contributed by atoms with Gasteiger partial charge >= 0.3 is 0 Å². The highest BCUT2D eigenvalue weighted by Gasteiger charge is 2.15. The third-order valence-electron chi connectivity index (χ3n) is 3.53. The van der Waals surface area contributed by atoms with Crippen molar-refractivity contribution in [1.82, 2.24) is 9.88 Å². The molecule has 3 rings (SSSR count). The molecule has 4 heteroatoms. The number of nitrogen functional groups attached to an aromatic ring is 1. The summed E-state index contributed by atoms with van der Waals surface area (Å²) in [7, 11) is 2.16. The molecule has 2 N–H and O–H groups in total. The predicted molar refractivity (Wildman–Crippen MR) is 75.9 cm³/mol. The van der Waals surface area contributed by atoms with Crippen molar-refractivity contribution >= 4 is 22.4 Å². The van der Waals surface area contributed by atoms with Crippen LogP contribution in [0.15, 0.2) is 30.3 Å². The second-order valence-corrected chi connectivity index (χ2v) is 4.91. The van der Waals surface area contributed by atoms with Gasteiger partial charge in [-0.1, -0.05) is 6.07 Å². The van der Waals surface area contributed by atoms with Crippen LogP contribution in [-0.2, 0) is 0 Å². The Morgan fingerprint density at radius 2 is 1.78 bits per heavy atom. The summed E-state index contributed by atoms with van der Waals surface area (Å²) in [6.07, 6.45) is 0. The molecule has 2 aromatic rings. The van der Waals surface area contributed by atoms with E-state index in [1.165, 1.54) is 0 Å². The van der Waals surface area contributed by atoms with Crippen molar-refractivity contribution in [3.05, 3.63) is 30.3 Å². The number of hydrogen-bond acceptors (Lipinski definition) is 4. The van der Waals surface area contributed by atoms with Gasteiger partial charge in [-0.3, -0.25) is 0 Å². The highest BCUT2D eigenvalue weighted by atomic mass is 15.3. The van der Waals surface area contributed by atoms with Crippen LogP contribution in [-0.4, -0.2) is 43.1 Å². The highest BCUT2D eigenvalue weighted by molar-refractivity contribution is 5.83. The largest absolute Gasteiger partial charge is 0.399 e. The molecule has 18 heavy (non-hydrogen) atoms. The second kappa shape index (κ2) is 4.46. The van der Waals surface area contributed by atoms with Gasteiger partial charge in [0, 0.05) is 37.3 Å². The topological polar surface area (TPSA) is 45.4 Å². The molecule has 1 aliphatic rings. The minimum atomic E-state index is 0.769. The van der Waals surface area contributed by atoms with Gasteiger partial charge in [-0.2, -0.15) is 0 Å². The molecule has 94 valence electrons. The number of likely N-dealkylation sites (N-methyl/N-ethyl adjacent to an activating group) is 1. The maximum atomic E-state index is 5.81. The summed E-state index contributed by atoms with van der Waals surface area (Å²) in [5.74, 6) is 1.06. The van der Waals surface area contributed by atoms with E-state index in [1.807, 2.05) is 18.2 Å². The molecule has 0 spiro atoms. The summed E-state index contributed by atoms with van der Waals surface area (Å²) in [6, 6.07) is 10.1. The van der Waals surface area contributed by atoms with Gasteiger partial charge in [-0.25, -0.2) is 4.98 Å². The number of rotatable bonds is 1. The smallest absolute Gasteiger partial charge is 0.129 e.